The second kappa shape index (κ2) is 6.43. The van der Waals surface area contributed by atoms with Crippen LogP contribution in [0.5, 0.6) is 0 Å². The molecule has 0 heterocycles. The first-order valence-corrected chi connectivity index (χ1v) is 6.36. The molecule has 0 saturated heterocycles. The molecule has 2 aromatic carbocycles. The van der Waals surface area contributed by atoms with E-state index in [1.807, 2.05) is 12.1 Å². The fraction of sp³-hybridized carbons (Fsp3) is 0.250. The Morgan fingerprint density at radius 1 is 1.00 bits per heavy atom. The van der Waals surface area contributed by atoms with Crippen molar-refractivity contribution in [3.8, 4) is 0 Å². The lowest BCUT2D eigenvalue weighted by molar-refractivity contribution is 0.506. The van der Waals surface area contributed by atoms with Crippen LogP contribution in [0.1, 0.15) is 16.7 Å². The highest BCUT2D eigenvalue weighted by molar-refractivity contribution is 5.25. The number of hydrogen-bond acceptors (Lipinski definition) is 1. The van der Waals surface area contributed by atoms with Crippen molar-refractivity contribution in [3.63, 3.8) is 0 Å². The molecule has 0 fully saturated rings. The van der Waals surface area contributed by atoms with Gasteiger partial charge in [-0.2, -0.15) is 0 Å². The Hall–Kier alpha value is -1.74. The number of rotatable bonds is 5. The second-order valence-corrected chi connectivity index (χ2v) is 4.60. The summed E-state index contributed by atoms with van der Waals surface area (Å²) in [4.78, 5) is 0. The van der Waals surface area contributed by atoms with Crippen LogP contribution in [0.25, 0.3) is 0 Å². The monoisotopic (exact) mass is 261 g/mol. The van der Waals surface area contributed by atoms with Crippen LogP contribution in [0, 0.1) is 18.6 Å². The molecule has 0 spiro atoms. The summed E-state index contributed by atoms with van der Waals surface area (Å²) in [5.41, 5.74) is 3.33. The predicted molar refractivity (Wildman–Crippen MR) is 72.9 cm³/mol. The van der Waals surface area contributed by atoms with Crippen molar-refractivity contribution in [2.45, 2.75) is 19.9 Å². The molecule has 0 aliphatic heterocycles. The maximum atomic E-state index is 13.0. The van der Waals surface area contributed by atoms with E-state index < -0.39 is 11.6 Å². The average molecular weight is 261 g/mol. The van der Waals surface area contributed by atoms with Crippen LogP contribution in [0.3, 0.4) is 0 Å². The second-order valence-electron chi connectivity index (χ2n) is 4.60. The van der Waals surface area contributed by atoms with Crippen LogP contribution >= 0.6 is 0 Å². The molecule has 0 atom stereocenters. The molecule has 0 bridgehead atoms. The summed E-state index contributed by atoms with van der Waals surface area (Å²) in [7, 11) is 0. The fourth-order valence-electron chi connectivity index (χ4n) is 2.00. The van der Waals surface area contributed by atoms with E-state index in [0.717, 1.165) is 24.6 Å². The van der Waals surface area contributed by atoms with E-state index in [1.165, 1.54) is 17.2 Å². The van der Waals surface area contributed by atoms with Gasteiger partial charge in [0, 0.05) is 6.54 Å². The summed E-state index contributed by atoms with van der Waals surface area (Å²) in [6, 6.07) is 12.2. The Morgan fingerprint density at radius 2 is 1.79 bits per heavy atom. The van der Waals surface area contributed by atoms with E-state index in [1.54, 1.807) is 6.07 Å². The van der Waals surface area contributed by atoms with Gasteiger partial charge in [0.2, 0.25) is 0 Å². The molecule has 1 nitrogen and oxygen atoms in total. The molecule has 0 aliphatic carbocycles. The minimum absolute atomic E-state index is 0.545. The van der Waals surface area contributed by atoms with Gasteiger partial charge in [-0.3, -0.25) is 0 Å². The zero-order chi connectivity index (χ0) is 13.7. The summed E-state index contributed by atoms with van der Waals surface area (Å²) in [5, 5.41) is 3.23. The number of halogens is 2. The lowest BCUT2D eigenvalue weighted by Crippen LogP contribution is -2.17. The van der Waals surface area contributed by atoms with Crippen molar-refractivity contribution >= 4 is 0 Å². The lowest BCUT2D eigenvalue weighted by Gasteiger charge is -2.07. The Balaban J connectivity index is 1.81. The van der Waals surface area contributed by atoms with Gasteiger partial charge in [-0.05, 0) is 48.7 Å². The molecule has 0 radical (unpaired) electrons. The standard InChI is InChI=1S/C16H17F2N/c1-12-4-2-3-5-14(12)8-9-19-11-13-6-7-15(17)16(18)10-13/h2-7,10,19H,8-9,11H2,1H3. The van der Waals surface area contributed by atoms with Crippen molar-refractivity contribution in [2.75, 3.05) is 6.54 Å². The minimum Gasteiger partial charge on any atom is -0.312 e. The molecule has 100 valence electrons. The number of hydrogen-bond donors (Lipinski definition) is 1. The summed E-state index contributed by atoms with van der Waals surface area (Å²) in [6.07, 6.45) is 0.927. The summed E-state index contributed by atoms with van der Waals surface area (Å²) < 4.78 is 25.8. The number of aryl methyl sites for hydroxylation is 1. The van der Waals surface area contributed by atoms with Crippen LogP contribution < -0.4 is 5.32 Å². The van der Waals surface area contributed by atoms with Gasteiger partial charge >= 0.3 is 0 Å². The van der Waals surface area contributed by atoms with E-state index >= 15 is 0 Å². The molecule has 2 aromatic rings. The Labute approximate surface area is 112 Å². The van der Waals surface area contributed by atoms with Gasteiger partial charge in [-0.25, -0.2) is 8.78 Å². The number of benzene rings is 2. The highest BCUT2D eigenvalue weighted by atomic mass is 19.2. The average Bonchev–Trinajstić information content (AvgIpc) is 2.40. The van der Waals surface area contributed by atoms with E-state index in [4.69, 9.17) is 0 Å². The van der Waals surface area contributed by atoms with Crippen molar-refractivity contribution in [3.05, 3.63) is 70.8 Å². The summed E-state index contributed by atoms with van der Waals surface area (Å²) in [5.74, 6) is -1.60. The van der Waals surface area contributed by atoms with Crippen LogP contribution in [-0.4, -0.2) is 6.54 Å². The maximum Gasteiger partial charge on any atom is 0.159 e. The van der Waals surface area contributed by atoms with Crippen LogP contribution in [0.4, 0.5) is 8.78 Å². The third-order valence-electron chi connectivity index (χ3n) is 3.15. The van der Waals surface area contributed by atoms with Gasteiger partial charge < -0.3 is 5.32 Å². The van der Waals surface area contributed by atoms with E-state index in [9.17, 15) is 8.78 Å². The van der Waals surface area contributed by atoms with Crippen molar-refractivity contribution in [2.24, 2.45) is 0 Å². The minimum atomic E-state index is -0.802. The van der Waals surface area contributed by atoms with Crippen LogP contribution in [0.2, 0.25) is 0 Å². The molecule has 3 heteroatoms. The Morgan fingerprint density at radius 3 is 2.53 bits per heavy atom. The van der Waals surface area contributed by atoms with Crippen LogP contribution in [0.15, 0.2) is 42.5 Å². The third-order valence-corrected chi connectivity index (χ3v) is 3.15. The zero-order valence-corrected chi connectivity index (χ0v) is 10.9. The van der Waals surface area contributed by atoms with Gasteiger partial charge in [-0.15, -0.1) is 0 Å². The first-order chi connectivity index (χ1) is 9.16. The fourth-order valence-corrected chi connectivity index (χ4v) is 2.00. The molecular formula is C16H17F2N. The van der Waals surface area contributed by atoms with Crippen molar-refractivity contribution < 1.29 is 8.78 Å². The molecule has 0 amide bonds. The SMILES string of the molecule is Cc1ccccc1CCNCc1ccc(F)c(F)c1. The molecule has 2 rings (SSSR count). The molecule has 0 aromatic heterocycles. The van der Waals surface area contributed by atoms with Crippen molar-refractivity contribution in [1.29, 1.82) is 0 Å². The topological polar surface area (TPSA) is 12.0 Å². The maximum absolute atomic E-state index is 13.0. The number of nitrogens with one attached hydrogen (secondary N) is 1. The van der Waals surface area contributed by atoms with E-state index in [-0.39, 0.29) is 0 Å². The molecule has 0 unspecified atom stereocenters. The highest BCUT2D eigenvalue weighted by Gasteiger charge is 2.02. The molecule has 0 aliphatic rings. The smallest absolute Gasteiger partial charge is 0.159 e. The van der Waals surface area contributed by atoms with Crippen LogP contribution in [-0.2, 0) is 13.0 Å². The lowest BCUT2D eigenvalue weighted by atomic mass is 10.1. The Kier molecular flexibility index (Phi) is 4.63. The highest BCUT2D eigenvalue weighted by Crippen LogP contribution is 2.09. The first-order valence-electron chi connectivity index (χ1n) is 6.36. The van der Waals surface area contributed by atoms with Gasteiger partial charge in [0.15, 0.2) is 11.6 Å². The molecular weight excluding hydrogens is 244 g/mol. The Bertz CT molecular complexity index is 552. The predicted octanol–water partition coefficient (Wildman–Crippen LogP) is 3.61. The largest absolute Gasteiger partial charge is 0.312 e. The first kappa shape index (κ1) is 13.7. The third kappa shape index (κ3) is 3.86. The van der Waals surface area contributed by atoms with Gasteiger partial charge in [0.1, 0.15) is 0 Å². The normalized spacial score (nSPS) is 10.7. The van der Waals surface area contributed by atoms with E-state index in [0.29, 0.717) is 6.54 Å². The van der Waals surface area contributed by atoms with E-state index in [2.05, 4.69) is 24.4 Å². The van der Waals surface area contributed by atoms with Gasteiger partial charge in [0.05, 0.1) is 0 Å². The van der Waals surface area contributed by atoms with Gasteiger partial charge in [0.25, 0.3) is 0 Å². The molecule has 1 N–H and O–H groups in total. The van der Waals surface area contributed by atoms with Crippen molar-refractivity contribution in [1.82, 2.24) is 5.32 Å². The molecule has 19 heavy (non-hydrogen) atoms. The summed E-state index contributed by atoms with van der Waals surface area (Å²) in [6.45, 7) is 3.44. The quantitative estimate of drug-likeness (QED) is 0.811. The zero-order valence-electron chi connectivity index (χ0n) is 10.9. The summed E-state index contributed by atoms with van der Waals surface area (Å²) >= 11 is 0. The molecule has 0 saturated carbocycles. The van der Waals surface area contributed by atoms with Gasteiger partial charge in [-0.1, -0.05) is 30.3 Å².